The maximum absolute atomic E-state index is 14.7. The Balaban J connectivity index is 1.63. The third-order valence-electron chi connectivity index (χ3n) is 8.60. The molecule has 5 rings (SSSR count). The van der Waals surface area contributed by atoms with Crippen LogP contribution in [0, 0.1) is 5.92 Å². The van der Waals surface area contributed by atoms with Crippen LogP contribution in [0.3, 0.4) is 0 Å². The minimum Gasteiger partial charge on any atom is -0.465 e. The molecule has 1 aliphatic rings. The zero-order valence-corrected chi connectivity index (χ0v) is 26.6. The standard InChI is InChI=1S/C38H39NO8/c1-4-45-36(41)33-31(27-19-11-6-12-20-27)32(35(40)47-34(28-21-13-7-14-22-28)29-23-15-8-16-24-29)38(2,39(33)43)37(42)46-30(25-44-3)26-17-9-5-10-18-26/h5-24,30-34,43H,4,25H2,1-3H3/t30-,31+,32-,33+,38+/m1/s1. The van der Waals surface area contributed by atoms with E-state index in [1.807, 2.05) is 66.7 Å². The van der Waals surface area contributed by atoms with Gasteiger partial charge in [-0.05, 0) is 36.1 Å². The Hall–Kier alpha value is -4.83. The zero-order valence-electron chi connectivity index (χ0n) is 26.6. The Morgan fingerprint density at radius 2 is 1.23 bits per heavy atom. The summed E-state index contributed by atoms with van der Waals surface area (Å²) in [5, 5.41) is 12.5. The maximum Gasteiger partial charge on any atom is 0.330 e. The summed E-state index contributed by atoms with van der Waals surface area (Å²) in [6.45, 7) is 3.07. The molecular formula is C38H39NO8. The number of carbonyl (C=O) groups excluding carboxylic acids is 3. The second-order valence-electron chi connectivity index (χ2n) is 11.5. The van der Waals surface area contributed by atoms with E-state index in [0.29, 0.717) is 27.3 Å². The molecule has 47 heavy (non-hydrogen) atoms. The number of nitrogens with zero attached hydrogens (tertiary/aromatic N) is 1. The van der Waals surface area contributed by atoms with Crippen LogP contribution >= 0.6 is 0 Å². The lowest BCUT2D eigenvalue weighted by Crippen LogP contribution is -2.56. The molecule has 0 spiro atoms. The molecule has 4 aromatic rings. The van der Waals surface area contributed by atoms with Gasteiger partial charge in [0, 0.05) is 13.0 Å². The first-order chi connectivity index (χ1) is 22.8. The van der Waals surface area contributed by atoms with Crippen LogP contribution in [0.1, 0.15) is 54.2 Å². The molecule has 1 N–H and O–H groups in total. The minimum atomic E-state index is -2.09. The number of methoxy groups -OCH3 is 1. The van der Waals surface area contributed by atoms with E-state index >= 15 is 0 Å². The molecule has 1 fully saturated rings. The van der Waals surface area contributed by atoms with Gasteiger partial charge in [0.05, 0.1) is 19.1 Å². The summed E-state index contributed by atoms with van der Waals surface area (Å²) in [6.07, 6.45) is -1.71. The van der Waals surface area contributed by atoms with Gasteiger partial charge in [-0.25, -0.2) is 4.79 Å². The van der Waals surface area contributed by atoms with Crippen molar-refractivity contribution in [2.45, 2.75) is 43.6 Å². The molecule has 9 heteroatoms. The van der Waals surface area contributed by atoms with Crippen LogP contribution in [0.15, 0.2) is 121 Å². The van der Waals surface area contributed by atoms with E-state index in [1.54, 1.807) is 61.5 Å². The minimum absolute atomic E-state index is 0.0138. The molecular weight excluding hydrogens is 598 g/mol. The number of ether oxygens (including phenoxy) is 4. The number of esters is 3. The lowest BCUT2D eigenvalue weighted by atomic mass is 9.76. The number of benzene rings is 4. The van der Waals surface area contributed by atoms with Crippen LogP contribution in [0.5, 0.6) is 0 Å². The van der Waals surface area contributed by atoms with Crippen LogP contribution in [0.4, 0.5) is 0 Å². The fourth-order valence-electron chi connectivity index (χ4n) is 6.28. The summed E-state index contributed by atoms with van der Waals surface area (Å²) in [7, 11) is 1.48. The summed E-state index contributed by atoms with van der Waals surface area (Å²) < 4.78 is 23.1. The summed E-state index contributed by atoms with van der Waals surface area (Å²) in [6, 6.07) is 34.8. The highest BCUT2D eigenvalue weighted by Gasteiger charge is 2.67. The lowest BCUT2D eigenvalue weighted by molar-refractivity contribution is -0.215. The molecule has 244 valence electrons. The summed E-state index contributed by atoms with van der Waals surface area (Å²) in [5.74, 6) is -4.99. The number of rotatable bonds is 12. The van der Waals surface area contributed by atoms with Crippen molar-refractivity contribution < 1.29 is 38.5 Å². The monoisotopic (exact) mass is 637 g/mol. The van der Waals surface area contributed by atoms with Crippen LogP contribution in [0.25, 0.3) is 0 Å². The Morgan fingerprint density at radius 3 is 1.72 bits per heavy atom. The SMILES string of the molecule is CCOC(=O)[C@@H]1[C@@H](c2ccccc2)[C@H](C(=O)OC(c2ccccc2)c2ccccc2)[C@@](C)(C(=O)O[C@H](COC)c2ccccc2)N1O. The van der Waals surface area contributed by atoms with Gasteiger partial charge >= 0.3 is 17.9 Å². The summed E-state index contributed by atoms with van der Waals surface area (Å²) in [4.78, 5) is 42.7. The van der Waals surface area contributed by atoms with E-state index in [1.165, 1.54) is 14.0 Å². The fourth-order valence-corrected chi connectivity index (χ4v) is 6.28. The van der Waals surface area contributed by atoms with Gasteiger partial charge < -0.3 is 24.2 Å². The zero-order chi connectivity index (χ0) is 33.4. The van der Waals surface area contributed by atoms with Crippen molar-refractivity contribution in [3.8, 4) is 0 Å². The molecule has 0 amide bonds. The molecule has 0 unspecified atom stereocenters. The number of hydroxylamine groups is 2. The summed E-state index contributed by atoms with van der Waals surface area (Å²) >= 11 is 0. The van der Waals surface area contributed by atoms with E-state index in [-0.39, 0.29) is 13.2 Å². The average molecular weight is 638 g/mol. The molecule has 1 saturated heterocycles. The topological polar surface area (TPSA) is 112 Å². The highest BCUT2D eigenvalue weighted by Crippen LogP contribution is 2.50. The normalized spacial score (nSPS) is 21.6. The van der Waals surface area contributed by atoms with Gasteiger partial charge in [0.2, 0.25) is 0 Å². The highest BCUT2D eigenvalue weighted by molar-refractivity contribution is 5.93. The molecule has 5 atom stereocenters. The van der Waals surface area contributed by atoms with Gasteiger partial charge in [-0.2, -0.15) is 5.06 Å². The van der Waals surface area contributed by atoms with Gasteiger partial charge in [-0.1, -0.05) is 121 Å². The fraction of sp³-hybridized carbons (Fsp3) is 0.289. The van der Waals surface area contributed by atoms with Crippen molar-refractivity contribution in [2.24, 2.45) is 5.92 Å². The van der Waals surface area contributed by atoms with Gasteiger partial charge in [0.15, 0.2) is 17.7 Å². The molecule has 0 radical (unpaired) electrons. The molecule has 0 saturated carbocycles. The number of carbonyl (C=O) groups is 3. The smallest absolute Gasteiger partial charge is 0.330 e. The van der Waals surface area contributed by atoms with Gasteiger partial charge in [-0.3, -0.25) is 9.59 Å². The van der Waals surface area contributed by atoms with Crippen LogP contribution in [-0.2, 0) is 33.3 Å². The molecule has 0 bridgehead atoms. The Labute approximate surface area is 274 Å². The number of hydrogen-bond donors (Lipinski definition) is 1. The average Bonchev–Trinajstić information content (AvgIpc) is 3.36. The van der Waals surface area contributed by atoms with Gasteiger partial charge in [-0.15, -0.1) is 0 Å². The molecule has 0 aromatic heterocycles. The molecule has 9 nitrogen and oxygen atoms in total. The van der Waals surface area contributed by atoms with E-state index < -0.39 is 53.5 Å². The largest absolute Gasteiger partial charge is 0.465 e. The van der Waals surface area contributed by atoms with Crippen LogP contribution < -0.4 is 0 Å². The van der Waals surface area contributed by atoms with Gasteiger partial charge in [0.1, 0.15) is 6.04 Å². The molecule has 0 aliphatic carbocycles. The predicted octanol–water partition coefficient (Wildman–Crippen LogP) is 6.05. The van der Waals surface area contributed by atoms with Crippen LogP contribution in [-0.4, -0.2) is 60.1 Å². The third-order valence-corrected chi connectivity index (χ3v) is 8.60. The molecule has 1 heterocycles. The van der Waals surface area contributed by atoms with Crippen molar-refractivity contribution in [1.29, 1.82) is 0 Å². The Bertz CT molecular complexity index is 1580. The highest BCUT2D eigenvalue weighted by atomic mass is 16.6. The molecule has 4 aromatic carbocycles. The molecule has 1 aliphatic heterocycles. The quantitative estimate of drug-likeness (QED) is 0.147. The summed E-state index contributed by atoms with van der Waals surface area (Å²) in [5.41, 5.74) is 0.516. The first-order valence-electron chi connectivity index (χ1n) is 15.6. The first-order valence-corrected chi connectivity index (χ1v) is 15.6. The third kappa shape index (κ3) is 6.97. The van der Waals surface area contributed by atoms with E-state index in [0.717, 1.165) is 0 Å². The number of hydrogen-bond acceptors (Lipinski definition) is 9. The predicted molar refractivity (Wildman–Crippen MR) is 173 cm³/mol. The van der Waals surface area contributed by atoms with E-state index in [2.05, 4.69) is 0 Å². The van der Waals surface area contributed by atoms with Crippen molar-refractivity contribution in [2.75, 3.05) is 20.3 Å². The van der Waals surface area contributed by atoms with Crippen molar-refractivity contribution in [3.05, 3.63) is 144 Å². The van der Waals surface area contributed by atoms with Crippen LogP contribution in [0.2, 0.25) is 0 Å². The lowest BCUT2D eigenvalue weighted by Gasteiger charge is -2.35. The maximum atomic E-state index is 14.7. The second-order valence-corrected chi connectivity index (χ2v) is 11.5. The Kier molecular flexibility index (Phi) is 10.8. The van der Waals surface area contributed by atoms with E-state index in [9.17, 15) is 19.6 Å². The second kappa shape index (κ2) is 15.2. The van der Waals surface area contributed by atoms with E-state index in [4.69, 9.17) is 18.9 Å². The van der Waals surface area contributed by atoms with Gasteiger partial charge in [0.25, 0.3) is 0 Å². The van der Waals surface area contributed by atoms with Crippen molar-refractivity contribution >= 4 is 17.9 Å². The first kappa shape index (κ1) is 33.5. The Morgan fingerprint density at radius 1 is 0.745 bits per heavy atom. The van der Waals surface area contributed by atoms with Crippen molar-refractivity contribution in [3.63, 3.8) is 0 Å². The van der Waals surface area contributed by atoms with Crippen molar-refractivity contribution in [1.82, 2.24) is 5.06 Å².